The number of nitrogens with one attached hydrogen (secondary N) is 2. The fraction of sp³-hybridized carbons (Fsp3) is 0.429. The van der Waals surface area contributed by atoms with E-state index in [1.165, 1.54) is 48.7 Å². The third-order valence-electron chi connectivity index (χ3n) is 3.51. The zero-order valence-corrected chi connectivity index (χ0v) is 9.50. The molecule has 2 nitrogen and oxygen atoms in total. The number of fused-ring (bicyclic) bond motifs is 1. The Morgan fingerprint density at radius 2 is 2.19 bits per heavy atom. The summed E-state index contributed by atoms with van der Waals surface area (Å²) in [6, 6.07) is 9.57. The van der Waals surface area contributed by atoms with Gasteiger partial charge in [0.25, 0.3) is 0 Å². The van der Waals surface area contributed by atoms with Crippen LogP contribution in [0.5, 0.6) is 0 Å². The lowest BCUT2D eigenvalue weighted by Gasteiger charge is -2.23. The second-order valence-corrected chi connectivity index (χ2v) is 4.75. The number of H-pyrrole nitrogens is 1. The normalized spacial score (nSPS) is 21.4. The fourth-order valence-electron chi connectivity index (χ4n) is 2.61. The Balaban J connectivity index is 1.77. The third kappa shape index (κ3) is 1.98. The van der Waals surface area contributed by atoms with Crippen LogP contribution >= 0.6 is 0 Å². The number of aromatic amines is 1. The smallest absolute Gasteiger partial charge is 0.0454 e. The van der Waals surface area contributed by atoms with Crippen molar-refractivity contribution in [2.24, 2.45) is 0 Å². The molecular weight excluding hydrogens is 196 g/mol. The van der Waals surface area contributed by atoms with Crippen LogP contribution in [0.2, 0.25) is 0 Å². The van der Waals surface area contributed by atoms with Crippen molar-refractivity contribution in [3.63, 3.8) is 0 Å². The SMILES string of the molecule is c1cc2cc(CC3CCCCN3)ccc2[nH]1. The Kier molecular flexibility index (Phi) is 2.66. The molecule has 84 valence electrons. The van der Waals surface area contributed by atoms with Crippen LogP contribution in [0.1, 0.15) is 24.8 Å². The minimum absolute atomic E-state index is 0.685. The van der Waals surface area contributed by atoms with Crippen molar-refractivity contribution < 1.29 is 0 Å². The van der Waals surface area contributed by atoms with Crippen LogP contribution in [0.15, 0.2) is 30.5 Å². The molecule has 0 saturated carbocycles. The summed E-state index contributed by atoms with van der Waals surface area (Å²) in [7, 11) is 0. The quantitative estimate of drug-likeness (QED) is 0.790. The van der Waals surface area contributed by atoms with Crippen molar-refractivity contribution in [1.82, 2.24) is 10.3 Å². The van der Waals surface area contributed by atoms with Gasteiger partial charge >= 0.3 is 0 Å². The number of piperidine rings is 1. The summed E-state index contributed by atoms with van der Waals surface area (Å²) in [5.41, 5.74) is 2.69. The van der Waals surface area contributed by atoms with E-state index in [9.17, 15) is 0 Å². The molecule has 1 saturated heterocycles. The zero-order valence-electron chi connectivity index (χ0n) is 9.50. The van der Waals surface area contributed by atoms with Crippen LogP contribution in [-0.4, -0.2) is 17.6 Å². The highest BCUT2D eigenvalue weighted by atomic mass is 14.9. The molecule has 0 amide bonds. The zero-order chi connectivity index (χ0) is 10.8. The average Bonchev–Trinajstić information content (AvgIpc) is 2.77. The molecule has 1 aliphatic rings. The lowest BCUT2D eigenvalue weighted by Crippen LogP contribution is -2.35. The predicted octanol–water partition coefficient (Wildman–Crippen LogP) is 2.85. The maximum atomic E-state index is 3.60. The summed E-state index contributed by atoms with van der Waals surface area (Å²) in [5, 5.41) is 4.93. The van der Waals surface area contributed by atoms with Gasteiger partial charge in [0.2, 0.25) is 0 Å². The number of rotatable bonds is 2. The second-order valence-electron chi connectivity index (χ2n) is 4.75. The fourth-order valence-corrected chi connectivity index (χ4v) is 2.61. The summed E-state index contributed by atoms with van der Waals surface area (Å²) in [6.07, 6.45) is 7.22. The lowest BCUT2D eigenvalue weighted by molar-refractivity contribution is 0.399. The summed E-state index contributed by atoms with van der Waals surface area (Å²) >= 11 is 0. The van der Waals surface area contributed by atoms with Gasteiger partial charge in [-0.3, -0.25) is 0 Å². The number of hydrogen-bond acceptors (Lipinski definition) is 1. The van der Waals surface area contributed by atoms with E-state index < -0.39 is 0 Å². The van der Waals surface area contributed by atoms with E-state index >= 15 is 0 Å². The molecular formula is C14H18N2. The van der Waals surface area contributed by atoms with Crippen LogP contribution < -0.4 is 5.32 Å². The highest BCUT2D eigenvalue weighted by molar-refractivity contribution is 5.79. The van der Waals surface area contributed by atoms with Crippen LogP contribution in [0.25, 0.3) is 10.9 Å². The summed E-state index contributed by atoms with van der Waals surface area (Å²) in [5.74, 6) is 0. The van der Waals surface area contributed by atoms with E-state index in [1.54, 1.807) is 0 Å². The molecule has 1 fully saturated rings. The molecule has 0 aliphatic carbocycles. The van der Waals surface area contributed by atoms with E-state index in [-0.39, 0.29) is 0 Å². The van der Waals surface area contributed by atoms with Crippen LogP contribution in [0.3, 0.4) is 0 Å². The molecule has 1 atom stereocenters. The van der Waals surface area contributed by atoms with Crippen LogP contribution in [0.4, 0.5) is 0 Å². The van der Waals surface area contributed by atoms with Gasteiger partial charge in [0.05, 0.1) is 0 Å². The number of benzene rings is 1. The molecule has 0 radical (unpaired) electrons. The molecule has 2 heterocycles. The Morgan fingerprint density at radius 1 is 1.19 bits per heavy atom. The molecule has 2 heteroatoms. The van der Waals surface area contributed by atoms with E-state index in [2.05, 4.69) is 34.6 Å². The van der Waals surface area contributed by atoms with Crippen molar-refractivity contribution in [3.05, 3.63) is 36.0 Å². The standard InChI is InChI=1S/C14H18N2/c1-2-7-15-13(3-1)10-11-4-5-14-12(9-11)6-8-16-14/h4-6,8-9,13,15-16H,1-3,7,10H2. The topological polar surface area (TPSA) is 27.8 Å². The highest BCUT2D eigenvalue weighted by Crippen LogP contribution is 2.17. The maximum Gasteiger partial charge on any atom is 0.0454 e. The molecule has 1 aromatic heterocycles. The lowest BCUT2D eigenvalue weighted by atomic mass is 9.97. The van der Waals surface area contributed by atoms with Gasteiger partial charge in [-0.2, -0.15) is 0 Å². The summed E-state index contributed by atoms with van der Waals surface area (Å²) in [4.78, 5) is 3.23. The van der Waals surface area contributed by atoms with Gasteiger partial charge in [0, 0.05) is 17.8 Å². The molecule has 1 aromatic carbocycles. The monoisotopic (exact) mass is 214 g/mol. The molecule has 1 unspecified atom stereocenters. The molecule has 1 aliphatic heterocycles. The molecule has 3 rings (SSSR count). The molecule has 2 aromatic rings. The first-order valence-electron chi connectivity index (χ1n) is 6.21. The number of aromatic nitrogens is 1. The molecule has 0 spiro atoms. The third-order valence-corrected chi connectivity index (χ3v) is 3.51. The number of hydrogen-bond donors (Lipinski definition) is 2. The average molecular weight is 214 g/mol. The first kappa shape index (κ1) is 9.91. The van der Waals surface area contributed by atoms with Gasteiger partial charge in [-0.15, -0.1) is 0 Å². The Morgan fingerprint density at radius 3 is 3.06 bits per heavy atom. The minimum Gasteiger partial charge on any atom is -0.361 e. The molecule has 2 N–H and O–H groups in total. The van der Waals surface area contributed by atoms with Crippen molar-refractivity contribution in [3.8, 4) is 0 Å². The summed E-state index contributed by atoms with van der Waals surface area (Å²) < 4.78 is 0. The minimum atomic E-state index is 0.685. The largest absolute Gasteiger partial charge is 0.361 e. The van der Waals surface area contributed by atoms with Crippen LogP contribution in [0, 0.1) is 0 Å². The van der Waals surface area contributed by atoms with E-state index in [0.717, 1.165) is 0 Å². The first-order valence-corrected chi connectivity index (χ1v) is 6.21. The van der Waals surface area contributed by atoms with Gasteiger partial charge < -0.3 is 10.3 Å². The Bertz CT molecular complexity index is 466. The van der Waals surface area contributed by atoms with Gasteiger partial charge in [0.15, 0.2) is 0 Å². The Hall–Kier alpha value is -1.28. The van der Waals surface area contributed by atoms with Crippen molar-refractivity contribution in [2.75, 3.05) is 6.54 Å². The van der Waals surface area contributed by atoms with Gasteiger partial charge in [-0.05, 0) is 55.0 Å². The van der Waals surface area contributed by atoms with Crippen molar-refractivity contribution in [2.45, 2.75) is 31.7 Å². The van der Waals surface area contributed by atoms with Crippen molar-refractivity contribution >= 4 is 10.9 Å². The van der Waals surface area contributed by atoms with Crippen LogP contribution in [-0.2, 0) is 6.42 Å². The summed E-state index contributed by atoms with van der Waals surface area (Å²) in [6.45, 7) is 1.19. The van der Waals surface area contributed by atoms with E-state index in [1.807, 2.05) is 6.20 Å². The Labute approximate surface area is 96.1 Å². The van der Waals surface area contributed by atoms with E-state index in [0.29, 0.717) is 6.04 Å². The first-order chi connectivity index (χ1) is 7.92. The predicted molar refractivity (Wildman–Crippen MR) is 67.6 cm³/mol. The van der Waals surface area contributed by atoms with Crippen molar-refractivity contribution in [1.29, 1.82) is 0 Å². The van der Waals surface area contributed by atoms with Gasteiger partial charge in [-0.1, -0.05) is 12.5 Å². The molecule has 0 bridgehead atoms. The highest BCUT2D eigenvalue weighted by Gasteiger charge is 2.12. The maximum absolute atomic E-state index is 3.60. The van der Waals surface area contributed by atoms with Gasteiger partial charge in [-0.25, -0.2) is 0 Å². The molecule has 16 heavy (non-hydrogen) atoms. The second kappa shape index (κ2) is 4.30. The van der Waals surface area contributed by atoms with Gasteiger partial charge in [0.1, 0.15) is 0 Å². The van der Waals surface area contributed by atoms with E-state index in [4.69, 9.17) is 0 Å².